The predicted octanol–water partition coefficient (Wildman–Crippen LogP) is 0.728. The molecule has 0 amide bonds. The molecule has 1 aliphatic rings. The molecule has 0 saturated carbocycles. The van der Waals surface area contributed by atoms with Gasteiger partial charge in [-0.05, 0) is 32.3 Å². The maximum atomic E-state index is 5.18. The van der Waals surface area contributed by atoms with Gasteiger partial charge in [-0.1, -0.05) is 11.2 Å². The van der Waals surface area contributed by atoms with E-state index in [0.717, 1.165) is 24.0 Å². The van der Waals surface area contributed by atoms with Crippen LogP contribution in [0.2, 0.25) is 0 Å². The van der Waals surface area contributed by atoms with Crippen molar-refractivity contribution in [3.8, 4) is 0 Å². The molecule has 0 aromatic carbocycles. The number of aromatic nitrogens is 1. The van der Waals surface area contributed by atoms with Gasteiger partial charge in [-0.2, -0.15) is 0 Å². The van der Waals surface area contributed by atoms with E-state index in [1.54, 1.807) is 0 Å². The molecule has 0 saturated heterocycles. The first kappa shape index (κ1) is 6.65. The molecule has 1 heterocycles. The van der Waals surface area contributed by atoms with E-state index < -0.39 is 0 Å². The average Bonchev–Trinajstić information content (AvgIpc) is 2.35. The van der Waals surface area contributed by atoms with Gasteiger partial charge in [0.1, 0.15) is 0 Å². The average molecular weight is 149 g/mol. The topological polar surface area (TPSA) is 26.0 Å². The second-order valence-electron chi connectivity index (χ2n) is 3.03. The van der Waals surface area contributed by atoms with Crippen LogP contribution in [-0.4, -0.2) is 5.16 Å². The normalized spacial score (nSPS) is 16.0. The van der Waals surface area contributed by atoms with Crippen molar-refractivity contribution in [2.24, 2.45) is 0 Å². The predicted molar refractivity (Wildman–Crippen MR) is 43.3 cm³/mol. The standard InChI is InChI=1S/C9H11NO/c1-6-4-3-5-8-7(2)10-11-9(6)8/h5H,3-4H2,1-2H3. The highest BCUT2D eigenvalue weighted by Crippen LogP contribution is 2.05. The summed E-state index contributed by atoms with van der Waals surface area (Å²) in [6.07, 6.45) is 4.44. The Bertz CT molecular complexity index is 386. The molecule has 1 aromatic heterocycles. The van der Waals surface area contributed by atoms with Gasteiger partial charge in [0, 0.05) is 5.22 Å². The molecule has 0 spiro atoms. The molecule has 0 N–H and O–H groups in total. The smallest absolute Gasteiger partial charge is 0.165 e. The molecule has 1 aliphatic carbocycles. The highest BCUT2D eigenvalue weighted by atomic mass is 16.5. The van der Waals surface area contributed by atoms with Gasteiger partial charge in [0.05, 0.1) is 5.69 Å². The van der Waals surface area contributed by atoms with Crippen LogP contribution in [0.25, 0.3) is 11.6 Å². The Kier molecular flexibility index (Phi) is 1.34. The van der Waals surface area contributed by atoms with Crippen LogP contribution in [0.5, 0.6) is 0 Å². The maximum absolute atomic E-state index is 5.18. The van der Waals surface area contributed by atoms with Crippen molar-refractivity contribution < 1.29 is 4.52 Å². The molecule has 0 bridgehead atoms. The zero-order valence-corrected chi connectivity index (χ0v) is 6.85. The van der Waals surface area contributed by atoms with Gasteiger partial charge >= 0.3 is 0 Å². The molecule has 11 heavy (non-hydrogen) atoms. The van der Waals surface area contributed by atoms with Crippen molar-refractivity contribution in [2.45, 2.75) is 26.7 Å². The number of rotatable bonds is 0. The molecule has 0 aliphatic heterocycles. The van der Waals surface area contributed by atoms with E-state index in [-0.39, 0.29) is 0 Å². The summed E-state index contributed by atoms with van der Waals surface area (Å²) < 4.78 is 5.18. The number of aryl methyl sites for hydroxylation is 1. The van der Waals surface area contributed by atoms with Crippen LogP contribution in [0.15, 0.2) is 4.52 Å². The lowest BCUT2D eigenvalue weighted by Crippen LogP contribution is -2.26. The number of hydrogen-bond acceptors (Lipinski definition) is 2. The fourth-order valence-corrected chi connectivity index (χ4v) is 1.47. The van der Waals surface area contributed by atoms with E-state index in [9.17, 15) is 0 Å². The summed E-state index contributed by atoms with van der Waals surface area (Å²) in [4.78, 5) is 0. The molecule has 58 valence electrons. The van der Waals surface area contributed by atoms with E-state index in [0.29, 0.717) is 0 Å². The van der Waals surface area contributed by atoms with Crippen LogP contribution in [-0.2, 0) is 0 Å². The zero-order valence-electron chi connectivity index (χ0n) is 6.85. The summed E-state index contributed by atoms with van der Waals surface area (Å²) in [6.45, 7) is 4.09. The first-order valence-corrected chi connectivity index (χ1v) is 3.91. The zero-order chi connectivity index (χ0) is 7.84. The molecule has 2 nitrogen and oxygen atoms in total. The molecule has 2 heteroatoms. The SMILES string of the molecule is CC1=c2onc(C)c2=CCC1. The minimum absolute atomic E-state index is 0.994. The minimum atomic E-state index is 0.994. The summed E-state index contributed by atoms with van der Waals surface area (Å²) in [7, 11) is 0. The van der Waals surface area contributed by atoms with Gasteiger partial charge in [0.2, 0.25) is 0 Å². The molecular formula is C9H11NO. The van der Waals surface area contributed by atoms with Crippen molar-refractivity contribution >= 4 is 11.6 Å². The molecular weight excluding hydrogens is 138 g/mol. The van der Waals surface area contributed by atoms with Crippen LogP contribution < -0.4 is 10.6 Å². The summed E-state index contributed by atoms with van der Waals surface area (Å²) in [5, 5.41) is 5.12. The third-order valence-electron chi connectivity index (χ3n) is 2.16. The van der Waals surface area contributed by atoms with E-state index in [4.69, 9.17) is 4.52 Å². The minimum Gasteiger partial charge on any atom is -0.356 e. The molecule has 2 rings (SSSR count). The number of hydrogen-bond donors (Lipinski definition) is 0. The summed E-state index contributed by atoms with van der Waals surface area (Å²) in [5.74, 6) is 0. The van der Waals surface area contributed by atoms with Crippen molar-refractivity contribution in [2.75, 3.05) is 0 Å². The second-order valence-corrected chi connectivity index (χ2v) is 3.03. The summed E-state index contributed by atoms with van der Waals surface area (Å²) in [6, 6.07) is 0. The van der Waals surface area contributed by atoms with E-state index >= 15 is 0 Å². The Morgan fingerprint density at radius 3 is 3.00 bits per heavy atom. The molecule has 0 radical (unpaired) electrons. The molecule has 0 unspecified atom stereocenters. The lowest BCUT2D eigenvalue weighted by molar-refractivity contribution is 0.386. The Morgan fingerprint density at radius 1 is 1.45 bits per heavy atom. The lowest BCUT2D eigenvalue weighted by Gasteiger charge is -1.98. The van der Waals surface area contributed by atoms with Crippen LogP contribution in [0.3, 0.4) is 0 Å². The molecule has 0 fully saturated rings. The Hall–Kier alpha value is -1.05. The van der Waals surface area contributed by atoms with Crippen molar-refractivity contribution in [1.29, 1.82) is 0 Å². The lowest BCUT2D eigenvalue weighted by atomic mass is 10.1. The van der Waals surface area contributed by atoms with E-state index in [1.807, 2.05) is 6.92 Å². The van der Waals surface area contributed by atoms with E-state index in [2.05, 4.69) is 18.2 Å². The number of fused-ring (bicyclic) bond motifs is 1. The van der Waals surface area contributed by atoms with Crippen molar-refractivity contribution in [3.05, 3.63) is 16.3 Å². The third-order valence-corrected chi connectivity index (χ3v) is 2.16. The Morgan fingerprint density at radius 2 is 2.27 bits per heavy atom. The van der Waals surface area contributed by atoms with Gasteiger partial charge in [-0.3, -0.25) is 0 Å². The highest BCUT2D eigenvalue weighted by Gasteiger charge is 2.05. The van der Waals surface area contributed by atoms with Gasteiger partial charge in [0.15, 0.2) is 5.42 Å². The fraction of sp³-hybridized carbons (Fsp3) is 0.444. The quantitative estimate of drug-likeness (QED) is 0.543. The van der Waals surface area contributed by atoms with Crippen molar-refractivity contribution in [1.82, 2.24) is 5.16 Å². The van der Waals surface area contributed by atoms with Crippen LogP contribution >= 0.6 is 0 Å². The van der Waals surface area contributed by atoms with Crippen LogP contribution in [0, 0.1) is 6.92 Å². The Balaban J connectivity index is 2.92. The van der Waals surface area contributed by atoms with Crippen LogP contribution in [0.1, 0.15) is 25.5 Å². The van der Waals surface area contributed by atoms with Gasteiger partial charge in [0.25, 0.3) is 0 Å². The molecule has 1 aromatic rings. The Labute approximate surface area is 65.2 Å². The summed E-state index contributed by atoms with van der Waals surface area (Å²) in [5.41, 5.74) is 3.33. The first-order chi connectivity index (χ1) is 5.29. The second kappa shape index (κ2) is 2.22. The number of nitrogens with zero attached hydrogens (tertiary/aromatic N) is 1. The first-order valence-electron chi connectivity index (χ1n) is 3.91. The van der Waals surface area contributed by atoms with Crippen molar-refractivity contribution in [3.63, 3.8) is 0 Å². The maximum Gasteiger partial charge on any atom is 0.165 e. The van der Waals surface area contributed by atoms with E-state index in [1.165, 1.54) is 10.8 Å². The molecule has 0 atom stereocenters. The summed E-state index contributed by atoms with van der Waals surface area (Å²) >= 11 is 0. The van der Waals surface area contributed by atoms with Crippen LogP contribution in [0.4, 0.5) is 0 Å². The monoisotopic (exact) mass is 149 g/mol. The van der Waals surface area contributed by atoms with Gasteiger partial charge in [-0.25, -0.2) is 0 Å². The highest BCUT2D eigenvalue weighted by molar-refractivity contribution is 5.46. The van der Waals surface area contributed by atoms with Gasteiger partial charge in [-0.15, -0.1) is 0 Å². The largest absolute Gasteiger partial charge is 0.356 e. The third kappa shape index (κ3) is 0.897. The van der Waals surface area contributed by atoms with Gasteiger partial charge < -0.3 is 4.52 Å². The fourth-order valence-electron chi connectivity index (χ4n) is 1.47.